The Morgan fingerprint density at radius 1 is 1.30 bits per heavy atom. The molecule has 0 aliphatic carbocycles. The summed E-state index contributed by atoms with van der Waals surface area (Å²) < 4.78 is 0. The number of halogens is 1. The van der Waals surface area contributed by atoms with Crippen LogP contribution < -0.4 is 10.2 Å². The van der Waals surface area contributed by atoms with E-state index in [0.717, 1.165) is 36.2 Å². The Morgan fingerprint density at radius 2 is 2.15 bits per heavy atom. The quantitative estimate of drug-likeness (QED) is 0.840. The number of hydrogen-bond acceptors (Lipinski definition) is 4. The maximum atomic E-state index is 6.20. The molecule has 0 aliphatic heterocycles. The SMILES string of the molecule is CCNCc1nc(N(CC)Cc2cccs2)ccc1Cl. The van der Waals surface area contributed by atoms with Crippen molar-refractivity contribution in [1.82, 2.24) is 10.3 Å². The van der Waals surface area contributed by atoms with Crippen LogP contribution in [0.3, 0.4) is 0 Å². The molecule has 2 rings (SSSR count). The van der Waals surface area contributed by atoms with Gasteiger partial charge in [0.15, 0.2) is 0 Å². The molecule has 0 fully saturated rings. The molecule has 0 amide bonds. The Bertz CT molecular complexity index is 528. The number of nitrogens with one attached hydrogen (secondary N) is 1. The van der Waals surface area contributed by atoms with Crippen molar-refractivity contribution in [2.45, 2.75) is 26.9 Å². The fourth-order valence-electron chi connectivity index (χ4n) is 1.96. The van der Waals surface area contributed by atoms with Crippen molar-refractivity contribution in [1.29, 1.82) is 0 Å². The zero-order valence-corrected chi connectivity index (χ0v) is 13.5. The van der Waals surface area contributed by atoms with Gasteiger partial charge in [0.1, 0.15) is 5.82 Å². The van der Waals surface area contributed by atoms with Crippen molar-refractivity contribution < 1.29 is 0 Å². The summed E-state index contributed by atoms with van der Waals surface area (Å²) in [6.07, 6.45) is 0. The van der Waals surface area contributed by atoms with E-state index in [2.05, 4.69) is 41.6 Å². The number of rotatable bonds is 7. The van der Waals surface area contributed by atoms with E-state index in [4.69, 9.17) is 16.6 Å². The molecule has 0 unspecified atom stereocenters. The summed E-state index contributed by atoms with van der Waals surface area (Å²) in [5.74, 6) is 0.984. The summed E-state index contributed by atoms with van der Waals surface area (Å²) >= 11 is 7.98. The highest BCUT2D eigenvalue weighted by molar-refractivity contribution is 7.09. The second-order valence-corrected chi connectivity index (χ2v) is 5.91. The molecule has 0 aliphatic rings. The third-order valence-corrected chi connectivity index (χ3v) is 4.28. The molecule has 0 saturated carbocycles. The highest BCUT2D eigenvalue weighted by atomic mass is 35.5. The fourth-order valence-corrected chi connectivity index (χ4v) is 2.85. The van der Waals surface area contributed by atoms with E-state index in [0.29, 0.717) is 6.54 Å². The van der Waals surface area contributed by atoms with E-state index in [1.54, 1.807) is 11.3 Å². The maximum Gasteiger partial charge on any atom is 0.129 e. The smallest absolute Gasteiger partial charge is 0.129 e. The van der Waals surface area contributed by atoms with E-state index < -0.39 is 0 Å². The molecule has 1 N–H and O–H groups in total. The minimum absolute atomic E-state index is 0.708. The monoisotopic (exact) mass is 309 g/mol. The summed E-state index contributed by atoms with van der Waals surface area (Å²) in [7, 11) is 0. The van der Waals surface area contributed by atoms with Gasteiger partial charge in [-0.15, -0.1) is 11.3 Å². The van der Waals surface area contributed by atoms with Gasteiger partial charge in [-0.2, -0.15) is 0 Å². The van der Waals surface area contributed by atoms with Crippen LogP contribution >= 0.6 is 22.9 Å². The molecule has 3 nitrogen and oxygen atoms in total. The van der Waals surface area contributed by atoms with Crippen LogP contribution in [-0.4, -0.2) is 18.1 Å². The third kappa shape index (κ3) is 3.95. The number of anilines is 1. The van der Waals surface area contributed by atoms with Crippen molar-refractivity contribution >= 4 is 28.8 Å². The Labute approximate surface area is 129 Å². The number of nitrogens with zero attached hydrogens (tertiary/aromatic N) is 2. The Hall–Kier alpha value is -1.10. The zero-order valence-electron chi connectivity index (χ0n) is 11.9. The lowest BCUT2D eigenvalue weighted by Gasteiger charge is -2.22. The van der Waals surface area contributed by atoms with Crippen molar-refractivity contribution in [2.24, 2.45) is 0 Å². The molecular formula is C15H20ClN3S. The number of hydrogen-bond donors (Lipinski definition) is 1. The summed E-state index contributed by atoms with van der Waals surface area (Å²) in [4.78, 5) is 8.30. The predicted octanol–water partition coefficient (Wildman–Crippen LogP) is 3.93. The molecule has 108 valence electrons. The summed E-state index contributed by atoms with van der Waals surface area (Å²) in [5.41, 5.74) is 0.913. The van der Waals surface area contributed by atoms with Crippen LogP contribution in [0.1, 0.15) is 24.4 Å². The first-order valence-corrected chi connectivity index (χ1v) is 8.13. The van der Waals surface area contributed by atoms with Crippen molar-refractivity contribution in [2.75, 3.05) is 18.0 Å². The molecule has 0 radical (unpaired) electrons. The van der Waals surface area contributed by atoms with Crippen LogP contribution in [0.2, 0.25) is 5.02 Å². The van der Waals surface area contributed by atoms with Gasteiger partial charge in [0.25, 0.3) is 0 Å². The average molecular weight is 310 g/mol. The fraction of sp³-hybridized carbons (Fsp3) is 0.400. The molecule has 2 aromatic heterocycles. The number of thiophene rings is 1. The highest BCUT2D eigenvalue weighted by Crippen LogP contribution is 2.22. The van der Waals surface area contributed by atoms with Gasteiger partial charge in [-0.1, -0.05) is 24.6 Å². The van der Waals surface area contributed by atoms with E-state index >= 15 is 0 Å². The lowest BCUT2D eigenvalue weighted by molar-refractivity contribution is 0.706. The van der Waals surface area contributed by atoms with Gasteiger partial charge in [0.05, 0.1) is 17.3 Å². The van der Waals surface area contributed by atoms with Gasteiger partial charge in [0.2, 0.25) is 0 Å². The molecule has 20 heavy (non-hydrogen) atoms. The summed E-state index contributed by atoms with van der Waals surface area (Å²) in [6, 6.07) is 8.17. The molecule has 0 atom stereocenters. The minimum atomic E-state index is 0.708. The molecule has 2 heterocycles. The molecule has 2 aromatic rings. The van der Waals surface area contributed by atoms with Gasteiger partial charge in [-0.05, 0) is 37.0 Å². The van der Waals surface area contributed by atoms with Gasteiger partial charge < -0.3 is 10.2 Å². The van der Waals surface area contributed by atoms with E-state index in [-0.39, 0.29) is 0 Å². The second kappa shape index (κ2) is 7.62. The first kappa shape index (κ1) is 15.3. The molecule has 0 bridgehead atoms. The maximum absolute atomic E-state index is 6.20. The molecule has 0 saturated heterocycles. The Morgan fingerprint density at radius 3 is 2.80 bits per heavy atom. The van der Waals surface area contributed by atoms with Gasteiger partial charge in [0, 0.05) is 18.0 Å². The van der Waals surface area contributed by atoms with Crippen molar-refractivity contribution in [3.05, 3.63) is 45.2 Å². The predicted molar refractivity (Wildman–Crippen MR) is 87.7 cm³/mol. The number of pyridine rings is 1. The summed E-state index contributed by atoms with van der Waals surface area (Å²) in [5, 5.41) is 6.10. The van der Waals surface area contributed by atoms with Crippen molar-refractivity contribution in [3.8, 4) is 0 Å². The standard InChI is InChI=1S/C15H20ClN3S/c1-3-17-10-14-13(16)7-8-15(18-14)19(4-2)11-12-6-5-9-20-12/h5-9,17H,3-4,10-11H2,1-2H3. The van der Waals surface area contributed by atoms with Crippen molar-refractivity contribution in [3.63, 3.8) is 0 Å². The highest BCUT2D eigenvalue weighted by Gasteiger charge is 2.10. The average Bonchev–Trinajstić information content (AvgIpc) is 2.97. The van der Waals surface area contributed by atoms with E-state index in [1.807, 2.05) is 12.1 Å². The van der Waals surface area contributed by atoms with Crippen LogP contribution in [0.5, 0.6) is 0 Å². The molecular weight excluding hydrogens is 290 g/mol. The van der Waals surface area contributed by atoms with Gasteiger partial charge in [-0.25, -0.2) is 4.98 Å². The van der Waals surface area contributed by atoms with Crippen LogP contribution in [0.25, 0.3) is 0 Å². The van der Waals surface area contributed by atoms with E-state index in [1.165, 1.54) is 4.88 Å². The Balaban J connectivity index is 2.16. The molecule has 5 heteroatoms. The van der Waals surface area contributed by atoms with E-state index in [9.17, 15) is 0 Å². The topological polar surface area (TPSA) is 28.2 Å². The largest absolute Gasteiger partial charge is 0.352 e. The van der Waals surface area contributed by atoms with Crippen LogP contribution in [0.15, 0.2) is 29.6 Å². The second-order valence-electron chi connectivity index (χ2n) is 4.47. The normalized spacial score (nSPS) is 10.8. The third-order valence-electron chi connectivity index (χ3n) is 3.08. The van der Waals surface area contributed by atoms with Crippen LogP contribution in [0.4, 0.5) is 5.82 Å². The molecule has 0 aromatic carbocycles. The lowest BCUT2D eigenvalue weighted by Crippen LogP contribution is -2.23. The van der Waals surface area contributed by atoms with Crippen LogP contribution in [0, 0.1) is 0 Å². The minimum Gasteiger partial charge on any atom is -0.352 e. The summed E-state index contributed by atoms with van der Waals surface area (Å²) in [6.45, 7) is 7.66. The zero-order chi connectivity index (χ0) is 14.4. The lowest BCUT2D eigenvalue weighted by atomic mass is 10.3. The Kier molecular flexibility index (Phi) is 5.83. The van der Waals surface area contributed by atoms with Crippen LogP contribution in [-0.2, 0) is 13.1 Å². The first-order valence-electron chi connectivity index (χ1n) is 6.88. The number of aromatic nitrogens is 1. The van der Waals surface area contributed by atoms with Gasteiger partial charge in [-0.3, -0.25) is 0 Å². The van der Waals surface area contributed by atoms with Gasteiger partial charge >= 0.3 is 0 Å². The molecule has 0 spiro atoms. The first-order chi connectivity index (χ1) is 9.74.